The molecule has 0 fully saturated rings. The van der Waals surface area contributed by atoms with Crippen molar-refractivity contribution >= 4 is 35.2 Å². The third-order valence-corrected chi connectivity index (χ3v) is 4.71. The average molecular weight is 404 g/mol. The molecule has 0 spiro atoms. The predicted octanol–water partition coefficient (Wildman–Crippen LogP) is 2.76. The van der Waals surface area contributed by atoms with Crippen LogP contribution in [0.15, 0.2) is 59.5 Å². The standard InChI is InChI=1S/C20H21FN2O4S/c21-15-6-8-17(9-7-15)28-13-11-20(26)27-14-19(25)23(12-10-18(22)24)16-4-2-1-3-5-16/h1-9H,10-14H2,(H2,22,24). The molecule has 0 aliphatic heterocycles. The van der Waals surface area contributed by atoms with Crippen molar-refractivity contribution in [3.05, 3.63) is 60.4 Å². The number of nitrogens with two attached hydrogens (primary N) is 1. The fourth-order valence-corrected chi connectivity index (χ4v) is 3.14. The van der Waals surface area contributed by atoms with Crippen molar-refractivity contribution in [2.24, 2.45) is 5.73 Å². The van der Waals surface area contributed by atoms with E-state index >= 15 is 0 Å². The number of ether oxygens (including phenoxy) is 1. The largest absolute Gasteiger partial charge is 0.456 e. The van der Waals surface area contributed by atoms with Gasteiger partial charge in [-0.1, -0.05) is 18.2 Å². The van der Waals surface area contributed by atoms with Gasteiger partial charge in [0, 0.05) is 29.3 Å². The van der Waals surface area contributed by atoms with E-state index in [0.717, 1.165) is 4.90 Å². The van der Waals surface area contributed by atoms with Gasteiger partial charge in [-0.05, 0) is 36.4 Å². The molecule has 0 aromatic heterocycles. The van der Waals surface area contributed by atoms with Gasteiger partial charge in [-0.15, -0.1) is 11.8 Å². The van der Waals surface area contributed by atoms with E-state index in [1.807, 2.05) is 0 Å². The number of rotatable bonds is 10. The number of esters is 1. The summed E-state index contributed by atoms with van der Waals surface area (Å²) in [5.41, 5.74) is 5.76. The normalized spacial score (nSPS) is 10.3. The average Bonchev–Trinajstić information content (AvgIpc) is 2.68. The summed E-state index contributed by atoms with van der Waals surface area (Å²) >= 11 is 1.39. The van der Waals surface area contributed by atoms with Crippen LogP contribution in [0.3, 0.4) is 0 Å². The van der Waals surface area contributed by atoms with Crippen LogP contribution in [0.1, 0.15) is 12.8 Å². The molecule has 0 aliphatic carbocycles. The molecule has 0 bridgehead atoms. The Balaban J connectivity index is 1.81. The number of anilines is 1. The summed E-state index contributed by atoms with van der Waals surface area (Å²) in [7, 11) is 0. The van der Waals surface area contributed by atoms with Crippen molar-refractivity contribution in [3.63, 3.8) is 0 Å². The number of hydrogen-bond acceptors (Lipinski definition) is 5. The molecule has 0 saturated carbocycles. The Morgan fingerprint density at radius 1 is 1.00 bits per heavy atom. The van der Waals surface area contributed by atoms with E-state index in [-0.39, 0.29) is 25.2 Å². The van der Waals surface area contributed by atoms with Crippen molar-refractivity contribution in [1.29, 1.82) is 0 Å². The van der Waals surface area contributed by atoms with Gasteiger partial charge in [0.1, 0.15) is 5.82 Å². The Morgan fingerprint density at radius 2 is 1.68 bits per heavy atom. The summed E-state index contributed by atoms with van der Waals surface area (Å²) in [5.74, 6) is -1.34. The lowest BCUT2D eigenvalue weighted by atomic mass is 10.2. The van der Waals surface area contributed by atoms with E-state index in [9.17, 15) is 18.8 Å². The summed E-state index contributed by atoms with van der Waals surface area (Å²) in [6.07, 6.45) is 0.116. The molecule has 8 heteroatoms. The minimum atomic E-state index is -0.524. The molecule has 2 aromatic rings. The number of thioether (sulfide) groups is 1. The molecule has 0 atom stereocenters. The highest BCUT2D eigenvalue weighted by molar-refractivity contribution is 7.99. The van der Waals surface area contributed by atoms with E-state index < -0.39 is 24.4 Å². The van der Waals surface area contributed by atoms with Gasteiger partial charge in [-0.25, -0.2) is 4.39 Å². The topological polar surface area (TPSA) is 89.7 Å². The maximum Gasteiger partial charge on any atom is 0.307 e. The van der Waals surface area contributed by atoms with Crippen molar-refractivity contribution in [2.75, 3.05) is 23.8 Å². The quantitative estimate of drug-likeness (QED) is 0.486. The maximum atomic E-state index is 12.9. The number of carbonyl (C=O) groups excluding carboxylic acids is 3. The second-order valence-electron chi connectivity index (χ2n) is 5.81. The van der Waals surface area contributed by atoms with Gasteiger partial charge in [-0.2, -0.15) is 0 Å². The summed E-state index contributed by atoms with van der Waals surface area (Å²) in [6, 6.07) is 14.7. The number of amides is 2. The van der Waals surface area contributed by atoms with Crippen molar-refractivity contribution in [3.8, 4) is 0 Å². The molecule has 6 nitrogen and oxygen atoms in total. The molecule has 2 amide bonds. The van der Waals surface area contributed by atoms with Crippen molar-refractivity contribution in [1.82, 2.24) is 0 Å². The maximum absolute atomic E-state index is 12.9. The van der Waals surface area contributed by atoms with Crippen LogP contribution in [0.5, 0.6) is 0 Å². The van der Waals surface area contributed by atoms with Crippen molar-refractivity contribution < 1.29 is 23.5 Å². The monoisotopic (exact) mass is 404 g/mol. The van der Waals surface area contributed by atoms with Gasteiger partial charge in [0.2, 0.25) is 5.91 Å². The van der Waals surface area contributed by atoms with Crippen LogP contribution in [0.25, 0.3) is 0 Å². The Hall–Kier alpha value is -2.87. The van der Waals surface area contributed by atoms with Gasteiger partial charge in [0.15, 0.2) is 6.61 Å². The van der Waals surface area contributed by atoms with E-state index in [0.29, 0.717) is 11.4 Å². The number of nitrogens with zero attached hydrogens (tertiary/aromatic N) is 1. The zero-order valence-corrected chi connectivity index (χ0v) is 16.0. The number of para-hydroxylation sites is 1. The second kappa shape index (κ2) is 11.1. The lowest BCUT2D eigenvalue weighted by Gasteiger charge is -2.22. The zero-order chi connectivity index (χ0) is 20.4. The summed E-state index contributed by atoms with van der Waals surface area (Å²) in [6.45, 7) is -0.316. The molecule has 0 aliphatic rings. The molecule has 2 N–H and O–H groups in total. The molecule has 0 unspecified atom stereocenters. The Morgan fingerprint density at radius 3 is 2.32 bits per heavy atom. The fraction of sp³-hybridized carbons (Fsp3) is 0.250. The fourth-order valence-electron chi connectivity index (χ4n) is 2.30. The summed E-state index contributed by atoms with van der Waals surface area (Å²) in [4.78, 5) is 37.6. The number of benzene rings is 2. The Bertz CT molecular complexity index is 800. The van der Waals surface area contributed by atoms with E-state index in [4.69, 9.17) is 10.5 Å². The lowest BCUT2D eigenvalue weighted by molar-refractivity contribution is -0.147. The highest BCUT2D eigenvalue weighted by atomic mass is 32.2. The van der Waals surface area contributed by atoms with Crippen LogP contribution in [-0.4, -0.2) is 36.7 Å². The van der Waals surface area contributed by atoms with Gasteiger partial charge in [0.05, 0.1) is 6.42 Å². The number of primary amides is 1. The molecular weight excluding hydrogens is 383 g/mol. The molecule has 28 heavy (non-hydrogen) atoms. The predicted molar refractivity (Wildman–Crippen MR) is 105 cm³/mol. The highest BCUT2D eigenvalue weighted by Crippen LogP contribution is 2.19. The first kappa shape index (κ1) is 21.4. The molecule has 2 aromatic carbocycles. The zero-order valence-electron chi connectivity index (χ0n) is 15.2. The van der Waals surface area contributed by atoms with Crippen molar-refractivity contribution in [2.45, 2.75) is 17.7 Å². The Labute approximate surface area is 166 Å². The highest BCUT2D eigenvalue weighted by Gasteiger charge is 2.18. The molecular formula is C20H21FN2O4S. The van der Waals surface area contributed by atoms with E-state index in [1.165, 1.54) is 28.8 Å². The van der Waals surface area contributed by atoms with Crippen LogP contribution < -0.4 is 10.6 Å². The van der Waals surface area contributed by atoms with E-state index in [1.54, 1.807) is 42.5 Å². The van der Waals surface area contributed by atoms with Gasteiger partial charge in [0.25, 0.3) is 5.91 Å². The summed E-state index contributed by atoms with van der Waals surface area (Å²) in [5, 5.41) is 0. The van der Waals surface area contributed by atoms with Crippen LogP contribution in [0.4, 0.5) is 10.1 Å². The van der Waals surface area contributed by atoms with Crippen LogP contribution in [0, 0.1) is 5.82 Å². The SMILES string of the molecule is NC(=O)CCN(C(=O)COC(=O)CCSc1ccc(F)cc1)c1ccccc1. The molecule has 0 heterocycles. The summed E-state index contributed by atoms with van der Waals surface area (Å²) < 4.78 is 17.9. The lowest BCUT2D eigenvalue weighted by Crippen LogP contribution is -2.37. The minimum Gasteiger partial charge on any atom is -0.456 e. The van der Waals surface area contributed by atoms with Crippen LogP contribution in [-0.2, 0) is 19.1 Å². The molecule has 148 valence electrons. The molecule has 2 rings (SSSR count). The smallest absolute Gasteiger partial charge is 0.307 e. The van der Waals surface area contributed by atoms with E-state index in [2.05, 4.69) is 0 Å². The number of carbonyl (C=O) groups is 3. The first-order valence-corrected chi connectivity index (χ1v) is 9.62. The third kappa shape index (κ3) is 7.40. The third-order valence-electron chi connectivity index (χ3n) is 3.70. The van der Waals surface area contributed by atoms with Gasteiger partial charge < -0.3 is 15.4 Å². The molecule has 0 saturated heterocycles. The van der Waals surface area contributed by atoms with Crippen LogP contribution >= 0.6 is 11.8 Å². The Kier molecular flexibility index (Phi) is 8.48. The van der Waals surface area contributed by atoms with Gasteiger partial charge in [-0.3, -0.25) is 14.4 Å². The first-order valence-electron chi connectivity index (χ1n) is 8.63. The minimum absolute atomic E-state index is 0.00287. The first-order chi connectivity index (χ1) is 13.5. The van der Waals surface area contributed by atoms with Gasteiger partial charge >= 0.3 is 5.97 Å². The molecule has 0 radical (unpaired) electrons. The number of hydrogen-bond donors (Lipinski definition) is 1. The van der Waals surface area contributed by atoms with Crippen LogP contribution in [0.2, 0.25) is 0 Å². The number of halogens is 1. The second-order valence-corrected chi connectivity index (χ2v) is 6.98.